The predicted molar refractivity (Wildman–Crippen MR) is 75.7 cm³/mol. The van der Waals surface area contributed by atoms with Crippen LogP contribution < -0.4 is 5.32 Å². The zero-order valence-electron chi connectivity index (χ0n) is 9.20. The van der Waals surface area contributed by atoms with E-state index in [9.17, 15) is 0 Å². The molecule has 0 saturated carbocycles. The molecule has 80 valence electrons. The molecule has 1 unspecified atom stereocenters. The number of rotatable bonds is 1. The Kier molecular flexibility index (Phi) is 2.92. The Morgan fingerprint density at radius 3 is 2.60 bits per heavy atom. The first-order valence-electron chi connectivity index (χ1n) is 5.05. The van der Waals surface area contributed by atoms with Crippen LogP contribution in [0.2, 0.25) is 19.6 Å². The largest absolute Gasteiger partial charge is 0.348 e. The molecule has 15 heavy (non-hydrogen) atoms. The summed E-state index contributed by atoms with van der Waals surface area (Å²) >= 11 is 7.38. The van der Waals surface area contributed by atoms with E-state index in [4.69, 9.17) is 12.2 Å². The van der Waals surface area contributed by atoms with Gasteiger partial charge in [0.15, 0.2) is 0 Å². The van der Waals surface area contributed by atoms with E-state index in [2.05, 4.69) is 43.2 Å². The quantitative estimate of drug-likeness (QED) is 0.604. The summed E-state index contributed by atoms with van der Waals surface area (Å²) in [4.78, 5) is 2.85. The Labute approximate surface area is 102 Å². The van der Waals surface area contributed by atoms with E-state index in [0.29, 0.717) is 4.87 Å². The minimum Gasteiger partial charge on any atom is -0.348 e. The lowest BCUT2D eigenvalue weighted by Crippen LogP contribution is -2.45. The van der Waals surface area contributed by atoms with Gasteiger partial charge in [-0.1, -0.05) is 44.0 Å². The second kappa shape index (κ2) is 3.92. The molecule has 1 aromatic rings. The Morgan fingerprint density at radius 2 is 1.93 bits per heavy atom. The summed E-state index contributed by atoms with van der Waals surface area (Å²) in [5.41, 5.74) is 1.17. The number of hydrogen-bond donors (Lipinski definition) is 1. The van der Waals surface area contributed by atoms with Crippen molar-refractivity contribution in [3.05, 3.63) is 24.3 Å². The Morgan fingerprint density at radius 1 is 1.27 bits per heavy atom. The molecule has 1 heterocycles. The Hall–Kier alpha value is -0.323. The van der Waals surface area contributed by atoms with Gasteiger partial charge >= 0.3 is 0 Å². The van der Waals surface area contributed by atoms with Gasteiger partial charge in [-0.2, -0.15) is 0 Å². The normalized spacial score (nSPS) is 20.7. The molecule has 1 atom stereocenters. The van der Waals surface area contributed by atoms with Crippen LogP contribution in [-0.2, 0) is 0 Å². The van der Waals surface area contributed by atoms with E-state index in [0.717, 1.165) is 4.99 Å². The van der Waals surface area contributed by atoms with Crippen LogP contribution in [0.4, 0.5) is 5.69 Å². The fourth-order valence-electron chi connectivity index (χ4n) is 1.62. The summed E-state index contributed by atoms with van der Waals surface area (Å²) in [7, 11) is -1.23. The molecule has 1 aliphatic heterocycles. The van der Waals surface area contributed by atoms with Gasteiger partial charge in [0.25, 0.3) is 0 Å². The van der Waals surface area contributed by atoms with E-state index in [-0.39, 0.29) is 0 Å². The number of para-hydroxylation sites is 1. The molecular weight excluding hydrogens is 238 g/mol. The number of fused-ring (bicyclic) bond motifs is 1. The zero-order valence-corrected chi connectivity index (χ0v) is 11.8. The second-order valence-electron chi connectivity index (χ2n) is 4.85. The number of thiocarbonyl (C=S) groups is 1. The molecule has 4 heteroatoms. The molecule has 0 saturated heterocycles. The molecule has 0 fully saturated rings. The predicted octanol–water partition coefficient (Wildman–Crippen LogP) is 3.78. The summed E-state index contributed by atoms with van der Waals surface area (Å²) in [6.07, 6.45) is 0. The average Bonchev–Trinajstić information content (AvgIpc) is 2.15. The van der Waals surface area contributed by atoms with Crippen LogP contribution in [0, 0.1) is 0 Å². The van der Waals surface area contributed by atoms with Gasteiger partial charge in [0.2, 0.25) is 0 Å². The third-order valence-electron chi connectivity index (χ3n) is 2.41. The zero-order chi connectivity index (χ0) is 11.1. The van der Waals surface area contributed by atoms with Gasteiger partial charge < -0.3 is 5.32 Å². The maximum absolute atomic E-state index is 5.45. The third kappa shape index (κ3) is 2.27. The van der Waals surface area contributed by atoms with Crippen LogP contribution in [0.3, 0.4) is 0 Å². The number of benzene rings is 1. The molecule has 0 aliphatic carbocycles. The molecule has 0 amide bonds. The van der Waals surface area contributed by atoms with Crippen molar-refractivity contribution >= 4 is 42.7 Å². The average molecular weight is 253 g/mol. The highest BCUT2D eigenvalue weighted by atomic mass is 32.2. The summed E-state index contributed by atoms with van der Waals surface area (Å²) in [6.45, 7) is 7.10. The Bertz CT molecular complexity index is 398. The molecule has 1 aromatic carbocycles. The van der Waals surface area contributed by atoms with E-state index in [1.54, 1.807) is 0 Å². The number of anilines is 1. The van der Waals surface area contributed by atoms with Crippen molar-refractivity contribution in [3.8, 4) is 0 Å². The lowest BCUT2D eigenvalue weighted by atomic mass is 10.3. The molecule has 1 N–H and O–H groups in total. The summed E-state index contributed by atoms with van der Waals surface area (Å²) in [6, 6.07) is 8.39. The summed E-state index contributed by atoms with van der Waals surface area (Å²) in [5.74, 6) is 0. The van der Waals surface area contributed by atoms with Crippen molar-refractivity contribution < 1.29 is 0 Å². The maximum atomic E-state index is 5.45. The van der Waals surface area contributed by atoms with Gasteiger partial charge in [0.1, 0.15) is 0 Å². The van der Waals surface area contributed by atoms with Gasteiger partial charge in [0.05, 0.1) is 23.6 Å². The van der Waals surface area contributed by atoms with E-state index < -0.39 is 8.07 Å². The second-order valence-corrected chi connectivity index (χ2v) is 12.2. The number of thioether (sulfide) groups is 1. The first kappa shape index (κ1) is 11.2. The van der Waals surface area contributed by atoms with Crippen molar-refractivity contribution in [3.63, 3.8) is 0 Å². The first-order chi connectivity index (χ1) is 6.98. The van der Waals surface area contributed by atoms with E-state index in [1.165, 1.54) is 10.6 Å². The summed E-state index contributed by atoms with van der Waals surface area (Å²) in [5, 5.41) is 3.36. The van der Waals surface area contributed by atoms with Crippen LogP contribution in [0.25, 0.3) is 0 Å². The Balaban J connectivity index is 2.34. The van der Waals surface area contributed by atoms with Gasteiger partial charge in [-0.3, -0.25) is 0 Å². The minimum absolute atomic E-state index is 0.502. The summed E-state index contributed by atoms with van der Waals surface area (Å²) < 4.78 is 0. The van der Waals surface area contributed by atoms with Crippen molar-refractivity contribution in [2.24, 2.45) is 0 Å². The molecule has 1 nitrogen and oxygen atoms in total. The van der Waals surface area contributed by atoms with E-state index >= 15 is 0 Å². The van der Waals surface area contributed by atoms with E-state index in [1.807, 2.05) is 17.8 Å². The fourth-order valence-corrected chi connectivity index (χ4v) is 6.41. The van der Waals surface area contributed by atoms with Crippen LogP contribution in [-0.4, -0.2) is 17.9 Å². The van der Waals surface area contributed by atoms with Crippen molar-refractivity contribution in [2.45, 2.75) is 29.4 Å². The lowest BCUT2D eigenvalue weighted by Gasteiger charge is -2.34. The van der Waals surface area contributed by atoms with Gasteiger partial charge in [-0.15, -0.1) is 11.8 Å². The monoisotopic (exact) mass is 253 g/mol. The SMILES string of the molecule is C[Si](C)(C)C1Sc2ccccc2NC1=S. The highest BCUT2D eigenvalue weighted by Crippen LogP contribution is 2.39. The smallest absolute Gasteiger partial charge is 0.0903 e. The highest BCUT2D eigenvalue weighted by Gasteiger charge is 2.34. The topological polar surface area (TPSA) is 12.0 Å². The molecule has 0 aromatic heterocycles. The third-order valence-corrected chi connectivity index (χ3v) is 8.53. The molecule has 2 rings (SSSR count). The van der Waals surface area contributed by atoms with Crippen LogP contribution in [0.15, 0.2) is 29.2 Å². The van der Waals surface area contributed by atoms with Crippen LogP contribution in [0.1, 0.15) is 0 Å². The molecular formula is C11H15NS2Si. The molecule has 0 spiro atoms. The van der Waals surface area contributed by atoms with Crippen molar-refractivity contribution in [2.75, 3.05) is 5.32 Å². The first-order valence-corrected chi connectivity index (χ1v) is 9.91. The minimum atomic E-state index is -1.23. The number of nitrogens with one attached hydrogen (secondary N) is 1. The molecule has 0 radical (unpaired) electrons. The molecule has 0 bridgehead atoms. The van der Waals surface area contributed by atoms with Gasteiger partial charge in [-0.25, -0.2) is 0 Å². The van der Waals surface area contributed by atoms with Crippen LogP contribution in [0.5, 0.6) is 0 Å². The maximum Gasteiger partial charge on any atom is 0.0903 e. The van der Waals surface area contributed by atoms with Gasteiger partial charge in [-0.05, 0) is 12.1 Å². The van der Waals surface area contributed by atoms with Gasteiger partial charge in [0, 0.05) is 4.90 Å². The highest BCUT2D eigenvalue weighted by molar-refractivity contribution is 8.04. The van der Waals surface area contributed by atoms with Crippen LogP contribution >= 0.6 is 24.0 Å². The van der Waals surface area contributed by atoms with Crippen molar-refractivity contribution in [1.29, 1.82) is 0 Å². The standard InChI is InChI=1S/C11H15NS2Si/c1-15(2,3)11-10(13)12-8-6-4-5-7-9(8)14-11/h4-7,11H,1-3H3,(H,12,13). The molecule has 1 aliphatic rings. The fraction of sp³-hybridized carbons (Fsp3) is 0.364. The number of hydrogen-bond acceptors (Lipinski definition) is 2. The van der Waals surface area contributed by atoms with Crippen molar-refractivity contribution in [1.82, 2.24) is 0 Å². The lowest BCUT2D eigenvalue weighted by molar-refractivity contribution is 1.37.